The van der Waals surface area contributed by atoms with Crippen LogP contribution in [0.1, 0.15) is 0 Å². The summed E-state index contributed by atoms with van der Waals surface area (Å²) in [6, 6.07) is 19.0. The first-order chi connectivity index (χ1) is 23.9. The summed E-state index contributed by atoms with van der Waals surface area (Å²) < 4.78 is 21.6. The van der Waals surface area contributed by atoms with E-state index in [-0.39, 0.29) is 45.0 Å². The normalized spacial score (nSPS) is 20.3. The van der Waals surface area contributed by atoms with Crippen molar-refractivity contribution in [3.8, 4) is 51.0 Å². The summed E-state index contributed by atoms with van der Waals surface area (Å²) in [5, 5.41) is 77.8. The van der Waals surface area contributed by atoms with Gasteiger partial charge in [-0.3, -0.25) is 9.59 Å². The number of rotatable bonds is 5. The molecule has 3 heterocycles. The van der Waals surface area contributed by atoms with Crippen LogP contribution in [0.4, 0.5) is 0 Å². The van der Waals surface area contributed by atoms with Crippen LogP contribution in [0, 0.1) is 0 Å². The molecule has 1 saturated heterocycles. The molecule has 0 bridgehead atoms. The van der Waals surface area contributed by atoms with Crippen LogP contribution in [-0.2, 0) is 4.74 Å². The Balaban J connectivity index is 0.000000194. The SMILES string of the molecule is O=c1c(-c2ccc(O)cc2)coc2cc(O)ccc12.O=c1c(-c2ccc(O)cc2)coc2cc(O[C@@H]3O[C@H](CO)[C@@H](O)[C@H](O)[C@H]3O)cc(O)c12. The van der Waals surface area contributed by atoms with Gasteiger partial charge in [-0.05, 0) is 47.5 Å². The zero-order chi connectivity index (χ0) is 35.7. The molecule has 14 nitrogen and oxygen atoms in total. The minimum atomic E-state index is -1.64. The Kier molecular flexibility index (Phi) is 9.46. The van der Waals surface area contributed by atoms with Crippen LogP contribution >= 0.6 is 0 Å². The molecule has 8 N–H and O–H groups in total. The Bertz CT molecular complexity index is 2260. The fourth-order valence-corrected chi connectivity index (χ4v) is 5.37. The Hall–Kier alpha value is -5.90. The van der Waals surface area contributed by atoms with Gasteiger partial charge in [0.1, 0.15) is 82.2 Å². The van der Waals surface area contributed by atoms with Gasteiger partial charge in [0, 0.05) is 18.2 Å². The molecule has 50 heavy (non-hydrogen) atoms. The molecule has 0 unspecified atom stereocenters. The number of ether oxygens (including phenoxy) is 2. The predicted molar refractivity (Wildman–Crippen MR) is 177 cm³/mol. The molecular formula is C36H30O14. The van der Waals surface area contributed by atoms with Gasteiger partial charge in [0.15, 0.2) is 5.43 Å². The zero-order valence-electron chi connectivity index (χ0n) is 25.8. The lowest BCUT2D eigenvalue weighted by atomic mass is 9.99. The number of aliphatic hydroxyl groups excluding tert-OH is 4. The standard InChI is InChI=1S/C21H20O10.C15H10O4/c22-7-15-18(26)19(27)20(28)21(31-15)30-11-5-13(24)16-14(6-11)29-8-12(17(16)25)9-1-3-10(23)4-2-9;16-10-3-1-9(2-4-10)13-8-19-14-7-11(17)5-6-12(14)15(13)18/h1-6,8,15,18-24,26-28H,7H2;1-8,16-17H/t15-,18-,19+,20-,21-;/m1./s1. The first kappa shape index (κ1) is 34.0. The van der Waals surface area contributed by atoms with E-state index in [2.05, 4.69) is 0 Å². The second-order valence-electron chi connectivity index (χ2n) is 11.4. The first-order valence-corrected chi connectivity index (χ1v) is 15.0. The third-order valence-electron chi connectivity index (χ3n) is 8.05. The molecule has 0 radical (unpaired) electrons. The topological polar surface area (TPSA) is 241 Å². The van der Waals surface area contributed by atoms with Gasteiger partial charge in [0.25, 0.3) is 0 Å². The molecule has 1 aliphatic heterocycles. The van der Waals surface area contributed by atoms with Crippen LogP contribution in [-0.4, -0.2) is 78.2 Å². The Morgan fingerprint density at radius 3 is 1.78 bits per heavy atom. The van der Waals surface area contributed by atoms with Crippen molar-refractivity contribution in [2.24, 2.45) is 0 Å². The van der Waals surface area contributed by atoms with Gasteiger partial charge in [0.2, 0.25) is 11.7 Å². The van der Waals surface area contributed by atoms with Crippen LogP contribution in [0.2, 0.25) is 0 Å². The van der Waals surface area contributed by atoms with Gasteiger partial charge < -0.3 is 59.2 Å². The van der Waals surface area contributed by atoms with Crippen LogP contribution in [0.5, 0.6) is 28.7 Å². The highest BCUT2D eigenvalue weighted by Crippen LogP contribution is 2.33. The maximum absolute atomic E-state index is 12.9. The van der Waals surface area contributed by atoms with E-state index in [1.165, 1.54) is 73.2 Å². The number of hydrogen-bond donors (Lipinski definition) is 8. The Morgan fingerprint density at radius 1 is 0.620 bits per heavy atom. The molecule has 4 aromatic carbocycles. The first-order valence-electron chi connectivity index (χ1n) is 15.0. The number of phenolic OH excluding ortho intramolecular Hbond substituents is 4. The average Bonchev–Trinajstić information content (AvgIpc) is 3.10. The van der Waals surface area contributed by atoms with Gasteiger partial charge in [-0.2, -0.15) is 0 Å². The number of phenols is 4. The summed E-state index contributed by atoms with van der Waals surface area (Å²) in [6.07, 6.45) is -4.87. The summed E-state index contributed by atoms with van der Waals surface area (Å²) in [5.41, 5.74) is 1.38. The van der Waals surface area contributed by atoms with Crippen LogP contribution < -0.4 is 15.6 Å². The van der Waals surface area contributed by atoms with E-state index >= 15 is 0 Å². The van der Waals surface area contributed by atoms with E-state index in [9.17, 15) is 50.4 Å². The third kappa shape index (κ3) is 6.69. The zero-order valence-corrected chi connectivity index (χ0v) is 25.8. The summed E-state index contributed by atoms with van der Waals surface area (Å²) >= 11 is 0. The summed E-state index contributed by atoms with van der Waals surface area (Å²) in [5.74, 6) is -0.278. The van der Waals surface area contributed by atoms with Gasteiger partial charge in [-0.25, -0.2) is 0 Å². The Morgan fingerprint density at radius 2 is 1.18 bits per heavy atom. The molecule has 7 rings (SSSR count). The maximum Gasteiger partial charge on any atom is 0.229 e. The number of fused-ring (bicyclic) bond motifs is 2. The van der Waals surface area contributed by atoms with Crippen molar-refractivity contribution in [3.63, 3.8) is 0 Å². The molecule has 5 atom stereocenters. The van der Waals surface area contributed by atoms with Crippen molar-refractivity contribution in [1.82, 2.24) is 0 Å². The van der Waals surface area contributed by atoms with Crippen LogP contribution in [0.15, 0.2) is 110 Å². The molecule has 0 spiro atoms. The fourth-order valence-electron chi connectivity index (χ4n) is 5.37. The van der Waals surface area contributed by atoms with E-state index < -0.39 is 48.5 Å². The minimum Gasteiger partial charge on any atom is -0.508 e. The van der Waals surface area contributed by atoms with Crippen molar-refractivity contribution in [1.29, 1.82) is 0 Å². The second kappa shape index (κ2) is 13.9. The largest absolute Gasteiger partial charge is 0.508 e. The monoisotopic (exact) mass is 686 g/mol. The number of benzene rings is 4. The fraction of sp³-hybridized carbons (Fsp3) is 0.167. The lowest BCUT2D eigenvalue weighted by Gasteiger charge is -2.39. The number of aliphatic hydroxyl groups is 4. The molecule has 258 valence electrons. The lowest BCUT2D eigenvalue weighted by molar-refractivity contribution is -0.277. The smallest absolute Gasteiger partial charge is 0.229 e. The highest BCUT2D eigenvalue weighted by atomic mass is 16.7. The van der Waals surface area contributed by atoms with E-state index in [1.54, 1.807) is 12.1 Å². The summed E-state index contributed by atoms with van der Waals surface area (Å²) in [7, 11) is 0. The van der Waals surface area contributed by atoms with Crippen molar-refractivity contribution >= 4 is 21.9 Å². The molecule has 1 aliphatic rings. The molecule has 0 saturated carbocycles. The molecule has 0 aliphatic carbocycles. The minimum absolute atomic E-state index is 0.00730. The average molecular weight is 687 g/mol. The molecule has 2 aromatic heterocycles. The highest BCUT2D eigenvalue weighted by molar-refractivity contribution is 5.88. The van der Waals surface area contributed by atoms with Gasteiger partial charge >= 0.3 is 0 Å². The predicted octanol–water partition coefficient (Wildman–Crippen LogP) is 2.92. The molecule has 6 aromatic rings. The summed E-state index contributed by atoms with van der Waals surface area (Å²) in [4.78, 5) is 25.2. The van der Waals surface area contributed by atoms with Crippen LogP contribution in [0.3, 0.4) is 0 Å². The molecular weight excluding hydrogens is 656 g/mol. The van der Waals surface area contributed by atoms with E-state index in [0.29, 0.717) is 27.7 Å². The number of hydrogen-bond acceptors (Lipinski definition) is 14. The van der Waals surface area contributed by atoms with E-state index in [0.717, 1.165) is 6.07 Å². The van der Waals surface area contributed by atoms with Gasteiger partial charge in [-0.1, -0.05) is 24.3 Å². The quantitative estimate of drug-likeness (QED) is 0.130. The lowest BCUT2D eigenvalue weighted by Crippen LogP contribution is -2.60. The highest BCUT2D eigenvalue weighted by Gasteiger charge is 2.44. The molecule has 0 amide bonds. The van der Waals surface area contributed by atoms with E-state index in [4.69, 9.17) is 18.3 Å². The van der Waals surface area contributed by atoms with Crippen molar-refractivity contribution in [3.05, 3.63) is 112 Å². The van der Waals surface area contributed by atoms with Crippen molar-refractivity contribution in [2.45, 2.75) is 30.7 Å². The van der Waals surface area contributed by atoms with Crippen molar-refractivity contribution in [2.75, 3.05) is 6.61 Å². The van der Waals surface area contributed by atoms with Gasteiger partial charge in [0.05, 0.1) is 23.1 Å². The summed E-state index contributed by atoms with van der Waals surface area (Å²) in [6.45, 7) is -0.622. The van der Waals surface area contributed by atoms with Crippen LogP contribution in [0.25, 0.3) is 44.2 Å². The van der Waals surface area contributed by atoms with Gasteiger partial charge in [-0.15, -0.1) is 0 Å². The maximum atomic E-state index is 12.9. The molecule has 1 fully saturated rings. The van der Waals surface area contributed by atoms with Crippen molar-refractivity contribution < 1.29 is 59.2 Å². The molecule has 14 heteroatoms. The number of aromatic hydroxyl groups is 4. The second-order valence-corrected chi connectivity index (χ2v) is 11.4. The van der Waals surface area contributed by atoms with E-state index in [1.807, 2.05) is 0 Å². The Labute approximate surface area is 281 Å². The third-order valence-corrected chi connectivity index (χ3v) is 8.05.